The predicted octanol–water partition coefficient (Wildman–Crippen LogP) is -0.658. The molecule has 7 heteroatoms. The van der Waals surface area contributed by atoms with Gasteiger partial charge in [-0.05, 0) is 15.4 Å². The molecule has 0 amide bonds. The van der Waals surface area contributed by atoms with E-state index in [1.54, 1.807) is 0 Å². The van der Waals surface area contributed by atoms with Gasteiger partial charge in [0.2, 0.25) is 0 Å². The fourth-order valence-electron chi connectivity index (χ4n) is 3.20. The van der Waals surface area contributed by atoms with E-state index < -0.39 is 26.6 Å². The molecule has 140 valence electrons. The van der Waals surface area contributed by atoms with Gasteiger partial charge >= 0.3 is 29.6 Å². The molecule has 0 aliphatic heterocycles. The number of carbonyl (C=O) groups excluding carboxylic acids is 1. The van der Waals surface area contributed by atoms with E-state index in [9.17, 15) is 18.7 Å². The van der Waals surface area contributed by atoms with E-state index >= 15 is 0 Å². The van der Waals surface area contributed by atoms with Crippen LogP contribution >= 0.6 is 0 Å². The fraction of sp³-hybridized carbons (Fsp3) is 0.350. The Hall–Kier alpha value is -1.05. The largest absolute Gasteiger partial charge is 1.00 e. The summed E-state index contributed by atoms with van der Waals surface area (Å²) < 4.78 is 33.2. The third-order valence-electron chi connectivity index (χ3n) is 4.45. The van der Waals surface area contributed by atoms with Crippen LogP contribution in [0.5, 0.6) is 0 Å². The molecule has 0 saturated carbocycles. The maximum Gasteiger partial charge on any atom is 1.00 e. The Morgan fingerprint density at radius 3 is 1.70 bits per heavy atom. The summed E-state index contributed by atoms with van der Waals surface area (Å²) in [6, 6.07) is 19.1. The number of carboxylic acids is 1. The van der Waals surface area contributed by atoms with Crippen molar-refractivity contribution < 1.29 is 52.7 Å². The molecule has 0 aliphatic rings. The van der Waals surface area contributed by atoms with Crippen molar-refractivity contribution >= 4 is 24.7 Å². The van der Waals surface area contributed by atoms with Gasteiger partial charge in [0.15, 0.2) is 0 Å². The number of carbonyl (C=O) groups is 1. The van der Waals surface area contributed by atoms with Crippen molar-refractivity contribution in [3.05, 3.63) is 60.7 Å². The van der Waals surface area contributed by atoms with Crippen LogP contribution < -0.4 is 45.0 Å². The van der Waals surface area contributed by atoms with Gasteiger partial charge in [-0.25, -0.2) is 0 Å². The maximum atomic E-state index is 13.5. The molecule has 0 aliphatic carbocycles. The first-order valence-electron chi connectivity index (χ1n) is 8.45. The summed E-state index contributed by atoms with van der Waals surface area (Å²) in [4.78, 5) is 10.6. The van der Waals surface area contributed by atoms with Crippen molar-refractivity contribution in [1.82, 2.24) is 0 Å². The number of hydrogen-bond acceptors (Lipinski definition) is 3. The molecule has 0 heterocycles. The average Bonchev–Trinajstić information content (AvgIpc) is 2.59. The zero-order chi connectivity index (χ0) is 19.4. The smallest absolute Gasteiger partial charge is 0.544 e. The van der Waals surface area contributed by atoms with Crippen LogP contribution in [0.2, 0.25) is 5.04 Å². The Kier molecular flexibility index (Phi) is 8.38. The van der Waals surface area contributed by atoms with E-state index in [0.717, 1.165) is 10.4 Å². The van der Waals surface area contributed by atoms with E-state index in [1.807, 2.05) is 81.4 Å². The zero-order valence-electron chi connectivity index (χ0n) is 16.2. The summed E-state index contributed by atoms with van der Waals surface area (Å²) in [6.07, 6.45) is -0.917. The molecule has 27 heavy (non-hydrogen) atoms. The number of benzene rings is 2. The minimum Gasteiger partial charge on any atom is -0.544 e. The molecular formula is C20H23F2NaO3Si. The number of halogens is 2. The minimum atomic E-state index is -3.91. The summed E-state index contributed by atoms with van der Waals surface area (Å²) in [6.45, 7) is 5.70. The number of carboxylic acid groups (broad SMARTS) is 1. The molecular weight excluding hydrogens is 377 g/mol. The maximum absolute atomic E-state index is 13.5. The van der Waals surface area contributed by atoms with E-state index in [-0.39, 0.29) is 41.2 Å². The molecule has 0 radical (unpaired) electrons. The zero-order valence-corrected chi connectivity index (χ0v) is 19.2. The quantitative estimate of drug-likeness (QED) is 0.580. The van der Waals surface area contributed by atoms with Crippen LogP contribution in [0.15, 0.2) is 60.7 Å². The molecule has 2 rings (SSSR count). The number of hydrogen-bond donors (Lipinski definition) is 0. The molecule has 2 aromatic carbocycles. The van der Waals surface area contributed by atoms with Gasteiger partial charge in [0, 0.05) is 13.0 Å². The van der Waals surface area contributed by atoms with Crippen molar-refractivity contribution in [2.24, 2.45) is 0 Å². The van der Waals surface area contributed by atoms with Gasteiger partial charge in [0.1, 0.15) is 5.97 Å². The van der Waals surface area contributed by atoms with E-state index in [2.05, 4.69) is 0 Å². The average molecular weight is 400 g/mol. The first-order chi connectivity index (χ1) is 12.1. The van der Waals surface area contributed by atoms with Gasteiger partial charge in [-0.15, -0.1) is 0 Å². The second kappa shape index (κ2) is 9.43. The van der Waals surface area contributed by atoms with Crippen LogP contribution in [-0.4, -0.2) is 26.8 Å². The van der Waals surface area contributed by atoms with Crippen molar-refractivity contribution in [2.45, 2.75) is 38.2 Å². The number of rotatable bonds is 7. The van der Waals surface area contributed by atoms with Crippen molar-refractivity contribution in [3.8, 4) is 0 Å². The molecule has 0 atom stereocenters. The molecule has 0 fully saturated rings. The summed E-state index contributed by atoms with van der Waals surface area (Å²) in [5, 5.41) is 12.2. The second-order valence-electron chi connectivity index (χ2n) is 7.25. The Balaban J connectivity index is 0.00000364. The SMILES string of the molecule is CC(C)(C)[Si](OCCC(F)(F)C(=O)[O-])(c1ccccc1)c1ccccc1.[Na+]. The molecule has 3 nitrogen and oxygen atoms in total. The fourth-order valence-corrected chi connectivity index (χ4v) is 7.76. The Morgan fingerprint density at radius 2 is 1.37 bits per heavy atom. The molecule has 0 saturated heterocycles. The Morgan fingerprint density at radius 1 is 0.963 bits per heavy atom. The van der Waals surface area contributed by atoms with Crippen LogP contribution in [0.3, 0.4) is 0 Å². The monoisotopic (exact) mass is 400 g/mol. The third-order valence-corrected chi connectivity index (χ3v) is 9.49. The van der Waals surface area contributed by atoms with Gasteiger partial charge < -0.3 is 14.3 Å². The van der Waals surface area contributed by atoms with Gasteiger partial charge in [0.05, 0.1) is 0 Å². The Bertz CT molecular complexity index is 694. The van der Waals surface area contributed by atoms with E-state index in [1.165, 1.54) is 0 Å². The molecule has 0 spiro atoms. The topological polar surface area (TPSA) is 49.4 Å². The van der Waals surface area contributed by atoms with Gasteiger partial charge in [-0.1, -0.05) is 81.4 Å². The standard InChI is InChI=1S/C20H24F2O3Si.Na/c1-19(2,3)26(16-10-6-4-7-11-16,17-12-8-5-9-13-17)25-15-14-20(21,22)18(23)24;/h4-13H,14-15H2,1-3H3,(H,23,24);/q;+1/p-1. The van der Waals surface area contributed by atoms with E-state index in [4.69, 9.17) is 4.43 Å². The normalized spacial score (nSPS) is 12.3. The Labute approximate surface area is 182 Å². The van der Waals surface area contributed by atoms with Gasteiger partial charge in [-0.3, -0.25) is 0 Å². The van der Waals surface area contributed by atoms with E-state index in [0.29, 0.717) is 0 Å². The summed E-state index contributed by atoms with van der Waals surface area (Å²) in [7, 11) is -2.93. The van der Waals surface area contributed by atoms with Crippen LogP contribution in [0.4, 0.5) is 8.78 Å². The summed E-state index contributed by atoms with van der Waals surface area (Å²) >= 11 is 0. The summed E-state index contributed by atoms with van der Waals surface area (Å²) in [5.74, 6) is -6.28. The molecule has 0 bridgehead atoms. The van der Waals surface area contributed by atoms with Crippen LogP contribution in [-0.2, 0) is 9.22 Å². The third kappa shape index (κ3) is 5.27. The first kappa shape index (κ1) is 24.0. The summed E-state index contributed by atoms with van der Waals surface area (Å²) in [5.41, 5.74) is 0. The van der Waals surface area contributed by atoms with Gasteiger partial charge in [-0.2, -0.15) is 8.78 Å². The van der Waals surface area contributed by atoms with Gasteiger partial charge in [0.25, 0.3) is 14.2 Å². The van der Waals surface area contributed by atoms with Crippen molar-refractivity contribution in [1.29, 1.82) is 0 Å². The first-order valence-corrected chi connectivity index (χ1v) is 10.4. The molecule has 0 N–H and O–H groups in total. The molecule has 0 unspecified atom stereocenters. The van der Waals surface area contributed by atoms with Crippen LogP contribution in [0, 0.1) is 0 Å². The van der Waals surface area contributed by atoms with Crippen molar-refractivity contribution in [2.75, 3.05) is 6.61 Å². The number of alkyl halides is 2. The molecule has 0 aromatic heterocycles. The number of aliphatic carboxylic acids is 1. The molecule has 2 aromatic rings. The van der Waals surface area contributed by atoms with Crippen molar-refractivity contribution in [3.63, 3.8) is 0 Å². The second-order valence-corrected chi connectivity index (χ2v) is 11.6. The predicted molar refractivity (Wildman–Crippen MR) is 98.1 cm³/mol. The minimum absolute atomic E-state index is 0. The van der Waals surface area contributed by atoms with Crippen LogP contribution in [0.25, 0.3) is 0 Å². The van der Waals surface area contributed by atoms with Crippen LogP contribution in [0.1, 0.15) is 27.2 Å².